The molecule has 0 saturated heterocycles. The molecule has 3 rings (SSSR count). The highest BCUT2D eigenvalue weighted by Crippen LogP contribution is 2.38. The van der Waals surface area contributed by atoms with Gasteiger partial charge in [0.05, 0.1) is 11.3 Å². The van der Waals surface area contributed by atoms with E-state index in [-0.39, 0.29) is 11.4 Å². The maximum Gasteiger partial charge on any atom is 0.156 e. The Morgan fingerprint density at radius 2 is 1.54 bits per heavy atom. The smallest absolute Gasteiger partial charge is 0.156 e. The van der Waals surface area contributed by atoms with Gasteiger partial charge in [-0.25, -0.2) is 4.39 Å². The zero-order chi connectivity index (χ0) is 18.6. The number of aromatic nitrogens is 3. The van der Waals surface area contributed by atoms with Crippen molar-refractivity contribution in [3.8, 4) is 22.4 Å². The van der Waals surface area contributed by atoms with Gasteiger partial charge in [0.1, 0.15) is 5.82 Å². The monoisotopic (exact) mass is 352 g/mol. The van der Waals surface area contributed by atoms with Crippen LogP contribution in [0.15, 0.2) is 48.8 Å². The second-order valence-electron chi connectivity index (χ2n) is 6.53. The number of hydrogen-bond donors (Lipinski definition) is 2. The predicted molar refractivity (Wildman–Crippen MR) is 104 cm³/mol. The molecule has 5 heteroatoms. The number of rotatable bonds is 7. The lowest BCUT2D eigenvalue weighted by molar-refractivity contribution is 0.419. The van der Waals surface area contributed by atoms with E-state index in [1.54, 1.807) is 24.5 Å². The van der Waals surface area contributed by atoms with Crippen LogP contribution in [0.5, 0.6) is 0 Å². The second kappa shape index (κ2) is 7.68. The predicted octanol–water partition coefficient (Wildman–Crippen LogP) is 5.66. The van der Waals surface area contributed by atoms with Crippen LogP contribution in [0.4, 0.5) is 10.2 Å². The van der Waals surface area contributed by atoms with Crippen molar-refractivity contribution in [2.75, 3.05) is 5.32 Å². The van der Waals surface area contributed by atoms with E-state index in [9.17, 15) is 4.39 Å². The molecule has 2 heterocycles. The van der Waals surface area contributed by atoms with Gasteiger partial charge in [-0.3, -0.25) is 10.1 Å². The SMILES string of the molecule is CCC(CC)(CC)Nc1n[nH]c(-c2ccc(F)cc2)c1-c1ccncc1. The molecule has 4 nitrogen and oxygen atoms in total. The third kappa shape index (κ3) is 3.47. The Balaban J connectivity index is 2.12. The summed E-state index contributed by atoms with van der Waals surface area (Å²) in [5, 5.41) is 11.4. The third-order valence-electron chi connectivity index (χ3n) is 5.28. The Morgan fingerprint density at radius 1 is 0.923 bits per heavy atom. The molecule has 0 aliphatic carbocycles. The molecule has 0 amide bonds. The summed E-state index contributed by atoms with van der Waals surface area (Å²) in [4.78, 5) is 4.12. The van der Waals surface area contributed by atoms with Gasteiger partial charge in [0, 0.05) is 23.5 Å². The summed E-state index contributed by atoms with van der Waals surface area (Å²) in [6, 6.07) is 10.4. The van der Waals surface area contributed by atoms with E-state index in [0.717, 1.165) is 47.5 Å². The van der Waals surface area contributed by atoms with Crippen molar-refractivity contribution < 1.29 is 4.39 Å². The highest BCUT2D eigenvalue weighted by Gasteiger charge is 2.27. The Bertz CT molecular complexity index is 828. The van der Waals surface area contributed by atoms with Crippen LogP contribution < -0.4 is 5.32 Å². The summed E-state index contributed by atoms with van der Waals surface area (Å²) >= 11 is 0. The minimum Gasteiger partial charge on any atom is -0.363 e. The molecule has 0 aliphatic heterocycles. The minimum atomic E-state index is -0.251. The van der Waals surface area contributed by atoms with Crippen LogP contribution in [0.25, 0.3) is 22.4 Å². The standard InChI is InChI=1S/C21H25FN4/c1-4-21(5-2,6-3)24-20-18(15-11-13-23-14-12-15)19(25-26-20)16-7-9-17(22)10-8-16/h7-14H,4-6H2,1-3H3,(H2,24,25,26). The van der Waals surface area contributed by atoms with Gasteiger partial charge in [-0.05, 0) is 61.2 Å². The van der Waals surface area contributed by atoms with Crippen molar-refractivity contribution >= 4 is 5.82 Å². The Hall–Kier alpha value is -2.69. The Labute approximate surface area is 153 Å². The van der Waals surface area contributed by atoms with Crippen LogP contribution in [0, 0.1) is 5.82 Å². The number of aromatic amines is 1. The zero-order valence-corrected chi connectivity index (χ0v) is 15.5. The first-order chi connectivity index (χ1) is 12.6. The summed E-state index contributed by atoms with van der Waals surface area (Å²) in [5.74, 6) is 0.570. The highest BCUT2D eigenvalue weighted by molar-refractivity contribution is 5.88. The van der Waals surface area contributed by atoms with Gasteiger partial charge in [0.25, 0.3) is 0 Å². The van der Waals surface area contributed by atoms with Gasteiger partial charge in [-0.1, -0.05) is 20.8 Å². The van der Waals surface area contributed by atoms with Crippen molar-refractivity contribution in [1.29, 1.82) is 0 Å². The van der Waals surface area contributed by atoms with Crippen LogP contribution in [-0.2, 0) is 0 Å². The van der Waals surface area contributed by atoms with Crippen LogP contribution in [-0.4, -0.2) is 20.7 Å². The summed E-state index contributed by atoms with van der Waals surface area (Å²) in [7, 11) is 0. The number of nitrogens with zero attached hydrogens (tertiary/aromatic N) is 2. The number of nitrogens with one attached hydrogen (secondary N) is 2. The topological polar surface area (TPSA) is 53.6 Å². The second-order valence-corrected chi connectivity index (χ2v) is 6.53. The van der Waals surface area contributed by atoms with Crippen molar-refractivity contribution in [3.63, 3.8) is 0 Å². The molecule has 0 bridgehead atoms. The first-order valence-electron chi connectivity index (χ1n) is 9.15. The molecule has 2 N–H and O–H groups in total. The molecule has 0 saturated carbocycles. The molecule has 3 aromatic rings. The number of H-pyrrole nitrogens is 1. The average Bonchev–Trinajstić information content (AvgIpc) is 3.11. The lowest BCUT2D eigenvalue weighted by atomic mass is 9.89. The van der Waals surface area contributed by atoms with Crippen molar-refractivity contribution in [2.45, 2.75) is 45.6 Å². The fraction of sp³-hybridized carbons (Fsp3) is 0.333. The molecule has 1 aromatic carbocycles. The number of hydrogen-bond acceptors (Lipinski definition) is 3. The maximum absolute atomic E-state index is 13.3. The number of halogens is 1. The number of pyridine rings is 1. The number of benzene rings is 1. The molecule has 26 heavy (non-hydrogen) atoms. The van der Waals surface area contributed by atoms with E-state index in [1.807, 2.05) is 12.1 Å². The van der Waals surface area contributed by atoms with Gasteiger partial charge in [-0.15, -0.1) is 0 Å². The largest absolute Gasteiger partial charge is 0.363 e. The molecular weight excluding hydrogens is 327 g/mol. The highest BCUT2D eigenvalue weighted by atomic mass is 19.1. The van der Waals surface area contributed by atoms with E-state index < -0.39 is 0 Å². The fourth-order valence-electron chi connectivity index (χ4n) is 3.32. The third-order valence-corrected chi connectivity index (χ3v) is 5.28. The average molecular weight is 352 g/mol. The summed E-state index contributed by atoms with van der Waals surface area (Å²) in [6.45, 7) is 6.58. The summed E-state index contributed by atoms with van der Waals surface area (Å²) < 4.78 is 13.3. The first-order valence-corrected chi connectivity index (χ1v) is 9.15. The minimum absolute atomic E-state index is 0.00294. The van der Waals surface area contributed by atoms with E-state index in [1.165, 1.54) is 12.1 Å². The van der Waals surface area contributed by atoms with E-state index in [2.05, 4.69) is 41.3 Å². The molecule has 0 fully saturated rings. The quantitative estimate of drug-likeness (QED) is 0.577. The van der Waals surface area contributed by atoms with E-state index >= 15 is 0 Å². The molecule has 0 atom stereocenters. The fourth-order valence-corrected chi connectivity index (χ4v) is 3.32. The van der Waals surface area contributed by atoms with Crippen molar-refractivity contribution in [3.05, 3.63) is 54.6 Å². The van der Waals surface area contributed by atoms with Crippen molar-refractivity contribution in [2.24, 2.45) is 0 Å². The normalized spacial score (nSPS) is 11.5. The Kier molecular flexibility index (Phi) is 5.35. The molecule has 0 unspecified atom stereocenters. The van der Waals surface area contributed by atoms with E-state index in [4.69, 9.17) is 0 Å². The molecule has 0 radical (unpaired) electrons. The van der Waals surface area contributed by atoms with Crippen LogP contribution in [0.2, 0.25) is 0 Å². The number of anilines is 1. The van der Waals surface area contributed by atoms with Gasteiger partial charge >= 0.3 is 0 Å². The molecule has 0 aliphatic rings. The zero-order valence-electron chi connectivity index (χ0n) is 15.5. The molecular formula is C21H25FN4. The lowest BCUT2D eigenvalue weighted by Gasteiger charge is -2.32. The van der Waals surface area contributed by atoms with Crippen LogP contribution in [0.1, 0.15) is 40.0 Å². The summed E-state index contributed by atoms with van der Waals surface area (Å²) in [5.41, 5.74) is 3.77. The molecule has 136 valence electrons. The van der Waals surface area contributed by atoms with Gasteiger partial charge in [-0.2, -0.15) is 5.10 Å². The van der Waals surface area contributed by atoms with Crippen molar-refractivity contribution in [1.82, 2.24) is 15.2 Å². The van der Waals surface area contributed by atoms with Gasteiger partial charge in [0.2, 0.25) is 0 Å². The van der Waals surface area contributed by atoms with E-state index in [0.29, 0.717) is 0 Å². The van der Waals surface area contributed by atoms with Crippen LogP contribution >= 0.6 is 0 Å². The molecule has 2 aromatic heterocycles. The maximum atomic E-state index is 13.3. The summed E-state index contributed by atoms with van der Waals surface area (Å²) in [6.07, 6.45) is 6.57. The van der Waals surface area contributed by atoms with Gasteiger partial charge < -0.3 is 5.32 Å². The van der Waals surface area contributed by atoms with Crippen LogP contribution in [0.3, 0.4) is 0 Å². The molecule has 0 spiro atoms. The van der Waals surface area contributed by atoms with Gasteiger partial charge in [0.15, 0.2) is 5.82 Å². The Morgan fingerprint density at radius 3 is 2.12 bits per heavy atom. The first kappa shape index (κ1) is 18.1. The lowest BCUT2D eigenvalue weighted by Crippen LogP contribution is -2.36.